The normalized spacial score (nSPS) is 12.1. The van der Waals surface area contributed by atoms with Gasteiger partial charge in [0.1, 0.15) is 5.75 Å². The number of ether oxygens (including phenoxy) is 1. The molecule has 2 aromatic rings. The summed E-state index contributed by atoms with van der Waals surface area (Å²) in [5, 5.41) is 0. The second kappa shape index (κ2) is 7.71. The lowest BCUT2D eigenvalue weighted by Gasteiger charge is -2.12. The van der Waals surface area contributed by atoms with Crippen LogP contribution in [0.2, 0.25) is 0 Å². The van der Waals surface area contributed by atoms with Crippen molar-refractivity contribution in [3.8, 4) is 16.9 Å². The Morgan fingerprint density at radius 1 is 0.950 bits per heavy atom. The van der Waals surface area contributed by atoms with E-state index in [0.29, 0.717) is 0 Å². The van der Waals surface area contributed by atoms with E-state index in [-0.39, 0.29) is 6.04 Å². The number of benzene rings is 2. The van der Waals surface area contributed by atoms with Crippen molar-refractivity contribution in [2.45, 2.75) is 32.2 Å². The van der Waals surface area contributed by atoms with Gasteiger partial charge in [-0.05, 0) is 37.8 Å². The van der Waals surface area contributed by atoms with E-state index in [1.54, 1.807) is 0 Å². The molecule has 106 valence electrons. The molecule has 1 unspecified atom stereocenters. The molecular formula is C18H23NO. The Hall–Kier alpha value is -1.80. The second-order valence-electron chi connectivity index (χ2n) is 5.18. The van der Waals surface area contributed by atoms with Crippen LogP contribution in [0.3, 0.4) is 0 Å². The summed E-state index contributed by atoms with van der Waals surface area (Å²) in [6.07, 6.45) is 3.22. The minimum atomic E-state index is 0.284. The van der Waals surface area contributed by atoms with Crippen molar-refractivity contribution in [3.63, 3.8) is 0 Å². The summed E-state index contributed by atoms with van der Waals surface area (Å²) in [7, 11) is 0. The molecule has 0 amide bonds. The van der Waals surface area contributed by atoms with Crippen LogP contribution >= 0.6 is 0 Å². The third kappa shape index (κ3) is 4.39. The van der Waals surface area contributed by atoms with E-state index in [9.17, 15) is 0 Å². The van der Waals surface area contributed by atoms with Gasteiger partial charge in [0, 0.05) is 11.6 Å². The molecule has 0 aliphatic heterocycles. The molecule has 2 nitrogen and oxygen atoms in total. The van der Waals surface area contributed by atoms with Crippen molar-refractivity contribution >= 4 is 0 Å². The van der Waals surface area contributed by atoms with Crippen LogP contribution in [-0.4, -0.2) is 12.6 Å². The first-order valence-electron chi connectivity index (χ1n) is 7.30. The highest BCUT2D eigenvalue weighted by atomic mass is 16.5. The summed E-state index contributed by atoms with van der Waals surface area (Å²) in [4.78, 5) is 0. The molecule has 2 N–H and O–H groups in total. The van der Waals surface area contributed by atoms with Gasteiger partial charge in [-0.3, -0.25) is 0 Å². The number of hydrogen-bond acceptors (Lipinski definition) is 2. The van der Waals surface area contributed by atoms with Gasteiger partial charge in [0.25, 0.3) is 0 Å². The first kappa shape index (κ1) is 14.6. The van der Waals surface area contributed by atoms with Crippen LogP contribution in [0.1, 0.15) is 26.2 Å². The lowest BCUT2D eigenvalue weighted by molar-refractivity contribution is 0.305. The van der Waals surface area contributed by atoms with E-state index in [1.807, 2.05) is 31.2 Å². The second-order valence-corrected chi connectivity index (χ2v) is 5.18. The third-order valence-corrected chi connectivity index (χ3v) is 3.28. The number of nitrogens with two attached hydrogens (primary N) is 1. The standard InChI is InChI=1S/C18H23NO/c1-15(19)9-7-8-14-20-18-13-6-5-12-17(18)16-10-3-2-4-11-16/h2-6,10-13,15H,7-9,14,19H2,1H3. The SMILES string of the molecule is CC(N)CCCCOc1ccccc1-c1ccccc1. The predicted octanol–water partition coefficient (Wildman–Crippen LogP) is 4.25. The molecule has 1 atom stereocenters. The van der Waals surface area contributed by atoms with Gasteiger partial charge in [-0.2, -0.15) is 0 Å². The minimum absolute atomic E-state index is 0.284. The maximum atomic E-state index is 5.93. The monoisotopic (exact) mass is 269 g/mol. The average Bonchev–Trinajstić information content (AvgIpc) is 2.48. The van der Waals surface area contributed by atoms with Gasteiger partial charge in [-0.15, -0.1) is 0 Å². The van der Waals surface area contributed by atoms with Gasteiger partial charge in [-0.25, -0.2) is 0 Å². The summed E-state index contributed by atoms with van der Waals surface area (Å²) >= 11 is 0. The van der Waals surface area contributed by atoms with E-state index >= 15 is 0 Å². The topological polar surface area (TPSA) is 35.2 Å². The first-order chi connectivity index (χ1) is 9.77. The lowest BCUT2D eigenvalue weighted by atomic mass is 10.1. The predicted molar refractivity (Wildman–Crippen MR) is 84.9 cm³/mol. The molecule has 0 saturated carbocycles. The molecule has 0 aromatic heterocycles. The highest BCUT2D eigenvalue weighted by molar-refractivity contribution is 5.70. The summed E-state index contributed by atoms with van der Waals surface area (Å²) in [5.74, 6) is 0.958. The smallest absolute Gasteiger partial charge is 0.127 e. The van der Waals surface area contributed by atoms with Crippen LogP contribution in [-0.2, 0) is 0 Å². The van der Waals surface area contributed by atoms with Gasteiger partial charge in [0.15, 0.2) is 0 Å². The number of hydrogen-bond donors (Lipinski definition) is 1. The molecule has 0 aliphatic rings. The van der Waals surface area contributed by atoms with Crippen LogP contribution in [0.4, 0.5) is 0 Å². The highest BCUT2D eigenvalue weighted by Crippen LogP contribution is 2.29. The van der Waals surface area contributed by atoms with Crippen molar-refractivity contribution in [2.75, 3.05) is 6.61 Å². The maximum Gasteiger partial charge on any atom is 0.127 e. The zero-order valence-electron chi connectivity index (χ0n) is 12.1. The van der Waals surface area contributed by atoms with Crippen LogP contribution in [0.25, 0.3) is 11.1 Å². The molecule has 0 radical (unpaired) electrons. The molecule has 0 saturated heterocycles. The fourth-order valence-corrected chi connectivity index (χ4v) is 2.20. The summed E-state index contributed by atoms with van der Waals surface area (Å²) < 4.78 is 5.93. The molecule has 20 heavy (non-hydrogen) atoms. The molecule has 0 spiro atoms. The lowest BCUT2D eigenvalue weighted by Crippen LogP contribution is -2.14. The molecular weight excluding hydrogens is 246 g/mol. The third-order valence-electron chi connectivity index (χ3n) is 3.28. The Balaban J connectivity index is 1.95. The van der Waals surface area contributed by atoms with Crippen molar-refractivity contribution in [2.24, 2.45) is 5.73 Å². The van der Waals surface area contributed by atoms with Gasteiger partial charge in [-0.1, -0.05) is 48.5 Å². The number of para-hydroxylation sites is 1. The molecule has 0 heterocycles. The highest BCUT2D eigenvalue weighted by Gasteiger charge is 2.05. The fraction of sp³-hybridized carbons (Fsp3) is 0.333. The van der Waals surface area contributed by atoms with E-state index in [0.717, 1.165) is 37.2 Å². The molecule has 0 aliphatic carbocycles. The molecule has 0 fully saturated rings. The Morgan fingerprint density at radius 2 is 1.65 bits per heavy atom. The summed E-state index contributed by atoms with van der Waals surface area (Å²) in [5.41, 5.74) is 8.09. The quantitative estimate of drug-likeness (QED) is 0.763. The molecule has 2 aromatic carbocycles. The number of rotatable bonds is 7. The van der Waals surface area contributed by atoms with E-state index in [4.69, 9.17) is 10.5 Å². The fourth-order valence-electron chi connectivity index (χ4n) is 2.20. The zero-order valence-corrected chi connectivity index (χ0v) is 12.1. The van der Waals surface area contributed by atoms with E-state index in [2.05, 4.69) is 30.3 Å². The van der Waals surface area contributed by atoms with Gasteiger partial charge < -0.3 is 10.5 Å². The minimum Gasteiger partial charge on any atom is -0.493 e. The largest absolute Gasteiger partial charge is 0.493 e. The Bertz CT molecular complexity index is 508. The average molecular weight is 269 g/mol. The van der Waals surface area contributed by atoms with Crippen molar-refractivity contribution in [3.05, 3.63) is 54.6 Å². The zero-order chi connectivity index (χ0) is 14.2. The van der Waals surface area contributed by atoms with Crippen LogP contribution in [0, 0.1) is 0 Å². The Kier molecular flexibility index (Phi) is 5.63. The maximum absolute atomic E-state index is 5.93. The van der Waals surface area contributed by atoms with Gasteiger partial charge in [0.05, 0.1) is 6.61 Å². The molecule has 0 bridgehead atoms. The van der Waals surface area contributed by atoms with Crippen LogP contribution in [0.15, 0.2) is 54.6 Å². The van der Waals surface area contributed by atoms with Crippen molar-refractivity contribution < 1.29 is 4.74 Å². The molecule has 2 rings (SSSR count). The summed E-state index contributed by atoms with van der Waals surface area (Å²) in [6, 6.07) is 18.8. The molecule has 2 heteroatoms. The number of unbranched alkanes of at least 4 members (excludes halogenated alkanes) is 1. The van der Waals surface area contributed by atoms with E-state index in [1.165, 1.54) is 5.56 Å². The van der Waals surface area contributed by atoms with Gasteiger partial charge >= 0.3 is 0 Å². The van der Waals surface area contributed by atoms with Crippen molar-refractivity contribution in [1.29, 1.82) is 0 Å². The van der Waals surface area contributed by atoms with E-state index < -0.39 is 0 Å². The Labute approximate surface area is 121 Å². The van der Waals surface area contributed by atoms with Crippen molar-refractivity contribution in [1.82, 2.24) is 0 Å². The summed E-state index contributed by atoms with van der Waals surface area (Å²) in [6.45, 7) is 2.79. The van der Waals surface area contributed by atoms with Crippen LogP contribution < -0.4 is 10.5 Å². The van der Waals surface area contributed by atoms with Crippen LogP contribution in [0.5, 0.6) is 5.75 Å². The Morgan fingerprint density at radius 3 is 2.40 bits per heavy atom. The first-order valence-corrected chi connectivity index (χ1v) is 7.30. The van der Waals surface area contributed by atoms with Gasteiger partial charge in [0.2, 0.25) is 0 Å².